The van der Waals surface area contributed by atoms with E-state index < -0.39 is 0 Å². The van der Waals surface area contributed by atoms with Crippen LogP contribution in [0, 0.1) is 0 Å². The molecule has 5 aromatic rings. The molecule has 2 heterocycles. The quantitative estimate of drug-likeness (QED) is 0.295. The molecule has 0 atom stereocenters. The number of aromatic nitrogens is 1. The normalized spacial score (nSPS) is 13.9. The van der Waals surface area contributed by atoms with Crippen molar-refractivity contribution in [2.45, 2.75) is 25.7 Å². The van der Waals surface area contributed by atoms with Crippen molar-refractivity contribution < 1.29 is 5.11 Å². The van der Waals surface area contributed by atoms with Crippen molar-refractivity contribution in [2.75, 3.05) is 0 Å². The van der Waals surface area contributed by atoms with Crippen molar-refractivity contribution in [3.63, 3.8) is 0 Å². The number of phenolic OH excluding ortho intramolecular Hbond substituents is 1. The molecule has 0 saturated carbocycles. The van der Waals surface area contributed by atoms with Crippen molar-refractivity contribution in [1.29, 1.82) is 0 Å². The first kappa shape index (κ1) is 18.7. The van der Waals surface area contributed by atoms with Gasteiger partial charge in [0.25, 0.3) is 0 Å². The summed E-state index contributed by atoms with van der Waals surface area (Å²) in [7, 11) is 0. The highest BCUT2D eigenvalue weighted by Gasteiger charge is 2.24. The standard InChI is InChI=1S/C26H20N2OS2/c29-21-14-13-16-7-1-2-8-17(16)19(21)15-27-25-24(18-9-3-5-11-22(18)30-25)26-28-20-10-4-6-12-23(20)31-26/h1-2,4,6-8,10,12-15,29H,3,5,9,11H2. The number of benzene rings is 3. The van der Waals surface area contributed by atoms with Crippen LogP contribution in [-0.4, -0.2) is 16.3 Å². The number of rotatable bonds is 3. The van der Waals surface area contributed by atoms with Gasteiger partial charge in [0.2, 0.25) is 0 Å². The average Bonchev–Trinajstić information content (AvgIpc) is 3.39. The molecule has 2 aromatic heterocycles. The fraction of sp³-hybridized carbons (Fsp3) is 0.154. The van der Waals surface area contributed by atoms with Crippen LogP contribution in [0.4, 0.5) is 5.00 Å². The molecule has 0 fully saturated rings. The summed E-state index contributed by atoms with van der Waals surface area (Å²) >= 11 is 3.53. The van der Waals surface area contributed by atoms with Crippen LogP contribution >= 0.6 is 22.7 Å². The fourth-order valence-corrected chi connectivity index (χ4v) is 6.72. The van der Waals surface area contributed by atoms with Gasteiger partial charge >= 0.3 is 0 Å². The Morgan fingerprint density at radius 2 is 1.74 bits per heavy atom. The highest BCUT2D eigenvalue weighted by Crippen LogP contribution is 2.47. The Morgan fingerprint density at radius 1 is 0.903 bits per heavy atom. The number of hydrogen-bond donors (Lipinski definition) is 1. The zero-order valence-corrected chi connectivity index (χ0v) is 18.5. The van der Waals surface area contributed by atoms with Crippen molar-refractivity contribution in [2.24, 2.45) is 4.99 Å². The highest BCUT2D eigenvalue weighted by molar-refractivity contribution is 7.22. The second-order valence-electron chi connectivity index (χ2n) is 7.86. The Bertz CT molecular complexity index is 1430. The van der Waals surface area contributed by atoms with Crippen LogP contribution in [-0.2, 0) is 12.8 Å². The number of thiazole rings is 1. The second kappa shape index (κ2) is 7.59. The molecule has 1 N–H and O–H groups in total. The number of hydrogen-bond acceptors (Lipinski definition) is 5. The van der Waals surface area contributed by atoms with Gasteiger partial charge < -0.3 is 5.11 Å². The molecule has 0 saturated heterocycles. The average molecular weight is 441 g/mol. The predicted molar refractivity (Wildman–Crippen MR) is 132 cm³/mol. The summed E-state index contributed by atoms with van der Waals surface area (Å²) in [4.78, 5) is 11.3. The van der Waals surface area contributed by atoms with E-state index in [-0.39, 0.29) is 5.75 Å². The van der Waals surface area contributed by atoms with E-state index in [0.29, 0.717) is 0 Å². The lowest BCUT2D eigenvalue weighted by atomic mass is 9.96. The predicted octanol–water partition coefficient (Wildman–Crippen LogP) is 7.51. The van der Waals surface area contributed by atoms with E-state index in [0.717, 1.165) is 44.7 Å². The van der Waals surface area contributed by atoms with Crippen molar-refractivity contribution in [3.05, 3.63) is 76.7 Å². The van der Waals surface area contributed by atoms with Gasteiger partial charge in [-0.2, -0.15) is 0 Å². The molecule has 3 nitrogen and oxygen atoms in total. The minimum absolute atomic E-state index is 0.255. The number of nitrogens with zero attached hydrogens (tertiary/aromatic N) is 2. The van der Waals surface area contributed by atoms with Crippen molar-refractivity contribution in [1.82, 2.24) is 4.98 Å². The van der Waals surface area contributed by atoms with E-state index in [1.165, 1.54) is 33.5 Å². The molecule has 5 heteroatoms. The second-order valence-corrected chi connectivity index (χ2v) is 9.97. The van der Waals surface area contributed by atoms with Crippen LogP contribution in [0.2, 0.25) is 0 Å². The van der Waals surface area contributed by atoms with Crippen LogP contribution in [0.15, 0.2) is 65.7 Å². The Morgan fingerprint density at radius 3 is 2.68 bits per heavy atom. The van der Waals surface area contributed by atoms with Crippen molar-refractivity contribution >= 4 is 54.9 Å². The molecule has 152 valence electrons. The van der Waals surface area contributed by atoms with Crippen LogP contribution in [0.25, 0.3) is 31.6 Å². The minimum Gasteiger partial charge on any atom is -0.507 e. The molecule has 31 heavy (non-hydrogen) atoms. The van der Waals surface area contributed by atoms with Gasteiger partial charge in [-0.05, 0) is 60.2 Å². The Kier molecular flexibility index (Phi) is 4.59. The number of thiophene rings is 1. The van der Waals surface area contributed by atoms with Gasteiger partial charge in [-0.1, -0.05) is 42.5 Å². The number of aromatic hydroxyl groups is 1. The zero-order chi connectivity index (χ0) is 20.8. The first-order valence-electron chi connectivity index (χ1n) is 10.5. The van der Waals surface area contributed by atoms with E-state index >= 15 is 0 Å². The topological polar surface area (TPSA) is 45.5 Å². The third kappa shape index (κ3) is 3.25. The lowest BCUT2D eigenvalue weighted by Gasteiger charge is -2.11. The molecular formula is C26H20N2OS2. The number of aliphatic imine (C=N–C) groups is 1. The number of fused-ring (bicyclic) bond motifs is 3. The molecule has 0 aliphatic heterocycles. The number of aryl methyl sites for hydroxylation is 1. The summed E-state index contributed by atoms with van der Waals surface area (Å²) < 4.78 is 1.20. The highest BCUT2D eigenvalue weighted by atomic mass is 32.1. The van der Waals surface area contributed by atoms with E-state index in [9.17, 15) is 5.11 Å². The first-order valence-corrected chi connectivity index (χ1v) is 12.2. The maximum absolute atomic E-state index is 10.5. The summed E-state index contributed by atoms with van der Waals surface area (Å²) in [6, 6.07) is 20.1. The van der Waals surface area contributed by atoms with Gasteiger partial charge in [0, 0.05) is 16.7 Å². The molecule has 0 radical (unpaired) electrons. The van der Waals surface area contributed by atoms with Gasteiger partial charge in [-0.3, -0.25) is 0 Å². The number of phenols is 1. The molecular weight excluding hydrogens is 420 g/mol. The van der Waals surface area contributed by atoms with Gasteiger partial charge in [-0.15, -0.1) is 22.7 Å². The first-order chi connectivity index (χ1) is 15.3. The third-order valence-electron chi connectivity index (χ3n) is 5.92. The lowest BCUT2D eigenvalue weighted by molar-refractivity contribution is 0.475. The van der Waals surface area contributed by atoms with Gasteiger partial charge in [0.05, 0.1) is 15.8 Å². The van der Waals surface area contributed by atoms with Crippen LogP contribution in [0.1, 0.15) is 28.8 Å². The van der Waals surface area contributed by atoms with Crippen LogP contribution in [0.5, 0.6) is 5.75 Å². The van der Waals surface area contributed by atoms with E-state index in [1.54, 1.807) is 28.7 Å². The van der Waals surface area contributed by atoms with E-state index in [2.05, 4.69) is 24.3 Å². The van der Waals surface area contributed by atoms with E-state index in [4.69, 9.17) is 9.98 Å². The summed E-state index contributed by atoms with van der Waals surface area (Å²) in [5.74, 6) is 0.255. The third-order valence-corrected chi connectivity index (χ3v) is 8.17. The van der Waals surface area contributed by atoms with Gasteiger partial charge in [0.15, 0.2) is 0 Å². The molecule has 0 bridgehead atoms. The smallest absolute Gasteiger partial charge is 0.127 e. The van der Waals surface area contributed by atoms with Gasteiger partial charge in [-0.25, -0.2) is 9.98 Å². The molecule has 0 unspecified atom stereocenters. The Balaban J connectivity index is 1.52. The maximum atomic E-state index is 10.5. The Hall–Kier alpha value is -3.02. The largest absolute Gasteiger partial charge is 0.507 e. The molecule has 0 spiro atoms. The zero-order valence-electron chi connectivity index (χ0n) is 16.8. The summed E-state index contributed by atoms with van der Waals surface area (Å²) in [5.41, 5.74) is 4.42. The van der Waals surface area contributed by atoms with Crippen LogP contribution < -0.4 is 0 Å². The molecule has 6 rings (SSSR count). The molecule has 0 amide bonds. The monoisotopic (exact) mass is 440 g/mol. The summed E-state index contributed by atoms with van der Waals surface area (Å²) in [6.45, 7) is 0. The SMILES string of the molecule is Oc1ccc2ccccc2c1C=Nc1sc2c(c1-c1nc3ccccc3s1)CCCC2. The lowest BCUT2D eigenvalue weighted by Crippen LogP contribution is -1.99. The molecule has 3 aromatic carbocycles. The summed E-state index contributed by atoms with van der Waals surface area (Å²) in [6.07, 6.45) is 6.49. The number of para-hydroxylation sites is 1. The Labute approximate surface area is 188 Å². The van der Waals surface area contributed by atoms with Gasteiger partial charge in [0.1, 0.15) is 15.8 Å². The van der Waals surface area contributed by atoms with Crippen molar-refractivity contribution in [3.8, 4) is 16.3 Å². The molecule has 1 aliphatic rings. The van der Waals surface area contributed by atoms with Crippen LogP contribution in [0.3, 0.4) is 0 Å². The maximum Gasteiger partial charge on any atom is 0.127 e. The molecule has 1 aliphatic carbocycles. The minimum atomic E-state index is 0.255. The van der Waals surface area contributed by atoms with E-state index in [1.807, 2.05) is 36.5 Å². The summed E-state index contributed by atoms with van der Waals surface area (Å²) in [5, 5.41) is 14.7. The fourth-order valence-electron chi connectivity index (χ4n) is 4.39.